The molecule has 0 saturated heterocycles. The highest BCUT2D eigenvalue weighted by atomic mass is 19.1. The average molecular weight is 381 g/mol. The van der Waals surface area contributed by atoms with Crippen LogP contribution in [0.5, 0.6) is 5.75 Å². The number of nitrogens with zero attached hydrogens (tertiary/aromatic N) is 1. The van der Waals surface area contributed by atoms with Crippen LogP contribution in [0, 0.1) is 26.6 Å². The minimum absolute atomic E-state index is 0.0767. The van der Waals surface area contributed by atoms with Crippen LogP contribution < -0.4 is 4.74 Å². The Morgan fingerprint density at radius 2 is 1.71 bits per heavy atom. The number of aryl methyl sites for hydroxylation is 3. The number of ether oxygens (including phenoxy) is 1. The molecule has 1 amide bonds. The van der Waals surface area contributed by atoms with Crippen molar-refractivity contribution in [1.29, 1.82) is 0 Å². The first-order valence-electron chi connectivity index (χ1n) is 9.17. The van der Waals surface area contributed by atoms with E-state index in [1.165, 1.54) is 12.1 Å². The van der Waals surface area contributed by atoms with Crippen molar-refractivity contribution in [2.75, 3.05) is 6.61 Å². The molecule has 1 heterocycles. The molecule has 4 nitrogen and oxygen atoms in total. The van der Waals surface area contributed by atoms with Gasteiger partial charge in [-0.2, -0.15) is 0 Å². The maximum Gasteiger partial charge on any atom is 0.261 e. The van der Waals surface area contributed by atoms with E-state index in [1.54, 1.807) is 29.4 Å². The summed E-state index contributed by atoms with van der Waals surface area (Å²) in [6.45, 7) is 6.56. The second-order valence-electron chi connectivity index (χ2n) is 6.97. The predicted octanol–water partition coefficient (Wildman–Crippen LogP) is 4.95. The summed E-state index contributed by atoms with van der Waals surface area (Å²) in [7, 11) is 0. The fourth-order valence-corrected chi connectivity index (χ4v) is 3.25. The minimum Gasteiger partial charge on any atom is -0.483 e. The summed E-state index contributed by atoms with van der Waals surface area (Å²) in [6.07, 6.45) is 1.57. The molecule has 0 aliphatic heterocycles. The van der Waals surface area contributed by atoms with Crippen LogP contribution >= 0.6 is 0 Å². The molecule has 0 spiro atoms. The van der Waals surface area contributed by atoms with Crippen LogP contribution in [0.1, 0.15) is 28.0 Å². The third-order valence-electron chi connectivity index (χ3n) is 4.51. The van der Waals surface area contributed by atoms with Crippen molar-refractivity contribution >= 4 is 5.91 Å². The first-order valence-corrected chi connectivity index (χ1v) is 9.17. The van der Waals surface area contributed by atoms with Crippen LogP contribution in [0.3, 0.4) is 0 Å². The number of carbonyl (C=O) groups is 1. The van der Waals surface area contributed by atoms with Gasteiger partial charge >= 0.3 is 0 Å². The standard InChI is InChI=1S/C23H24FNO3/c1-16-11-17(2)23(18(3)12-16)28-15-22(26)25(14-21-5-4-10-27-21)13-19-6-8-20(24)9-7-19/h4-12H,13-15H2,1-3H3. The van der Waals surface area contributed by atoms with Crippen molar-refractivity contribution < 1.29 is 18.3 Å². The van der Waals surface area contributed by atoms with Gasteiger partial charge in [0, 0.05) is 6.54 Å². The number of rotatable bonds is 7. The van der Waals surface area contributed by atoms with Crippen molar-refractivity contribution in [3.8, 4) is 5.75 Å². The second-order valence-corrected chi connectivity index (χ2v) is 6.97. The van der Waals surface area contributed by atoms with Crippen LogP contribution in [-0.2, 0) is 17.9 Å². The van der Waals surface area contributed by atoms with Gasteiger partial charge in [0.15, 0.2) is 6.61 Å². The number of carbonyl (C=O) groups excluding carboxylic acids is 1. The zero-order chi connectivity index (χ0) is 20.1. The SMILES string of the molecule is Cc1cc(C)c(OCC(=O)N(Cc2ccc(F)cc2)Cc2ccco2)c(C)c1. The fourth-order valence-electron chi connectivity index (χ4n) is 3.25. The Bertz CT molecular complexity index is 910. The normalized spacial score (nSPS) is 10.7. The highest BCUT2D eigenvalue weighted by molar-refractivity contribution is 5.77. The van der Waals surface area contributed by atoms with Gasteiger partial charge in [0.2, 0.25) is 0 Å². The quantitative estimate of drug-likeness (QED) is 0.581. The molecule has 0 aliphatic rings. The summed E-state index contributed by atoms with van der Waals surface area (Å²) in [5, 5.41) is 0. The molecule has 146 valence electrons. The van der Waals surface area contributed by atoms with E-state index in [1.807, 2.05) is 39.0 Å². The van der Waals surface area contributed by atoms with E-state index in [0.29, 0.717) is 18.8 Å². The third kappa shape index (κ3) is 5.00. The van der Waals surface area contributed by atoms with Crippen molar-refractivity contribution in [2.45, 2.75) is 33.9 Å². The van der Waals surface area contributed by atoms with E-state index >= 15 is 0 Å². The predicted molar refractivity (Wildman–Crippen MR) is 106 cm³/mol. The van der Waals surface area contributed by atoms with Crippen LogP contribution in [-0.4, -0.2) is 17.4 Å². The monoisotopic (exact) mass is 381 g/mol. The smallest absolute Gasteiger partial charge is 0.261 e. The van der Waals surface area contributed by atoms with Gasteiger partial charge in [0.25, 0.3) is 5.91 Å². The maximum absolute atomic E-state index is 13.2. The fraction of sp³-hybridized carbons (Fsp3) is 0.261. The summed E-state index contributed by atoms with van der Waals surface area (Å²) in [4.78, 5) is 14.5. The molecular formula is C23H24FNO3. The molecule has 0 unspecified atom stereocenters. The molecule has 0 aliphatic carbocycles. The largest absolute Gasteiger partial charge is 0.483 e. The second kappa shape index (κ2) is 8.74. The van der Waals surface area contributed by atoms with Gasteiger partial charge in [-0.25, -0.2) is 4.39 Å². The Kier molecular flexibility index (Phi) is 6.14. The Labute approximate surface area is 164 Å². The lowest BCUT2D eigenvalue weighted by atomic mass is 10.1. The Balaban J connectivity index is 1.73. The van der Waals surface area contributed by atoms with E-state index in [-0.39, 0.29) is 18.3 Å². The summed E-state index contributed by atoms with van der Waals surface area (Å²) < 4.78 is 24.4. The van der Waals surface area contributed by atoms with E-state index in [4.69, 9.17) is 9.15 Å². The number of amides is 1. The molecule has 0 atom stereocenters. The van der Waals surface area contributed by atoms with E-state index in [9.17, 15) is 9.18 Å². The first-order chi connectivity index (χ1) is 13.4. The number of benzene rings is 2. The van der Waals surface area contributed by atoms with E-state index < -0.39 is 0 Å². The highest BCUT2D eigenvalue weighted by Gasteiger charge is 2.18. The zero-order valence-corrected chi connectivity index (χ0v) is 16.4. The van der Waals surface area contributed by atoms with Gasteiger partial charge in [-0.3, -0.25) is 4.79 Å². The number of furan rings is 1. The van der Waals surface area contributed by atoms with Crippen molar-refractivity contribution in [2.24, 2.45) is 0 Å². The summed E-state index contributed by atoms with van der Waals surface area (Å²) in [5.74, 6) is 0.943. The van der Waals surface area contributed by atoms with Gasteiger partial charge in [0.1, 0.15) is 17.3 Å². The molecule has 5 heteroatoms. The van der Waals surface area contributed by atoms with Crippen LogP contribution in [0.2, 0.25) is 0 Å². The van der Waals surface area contributed by atoms with Crippen LogP contribution in [0.25, 0.3) is 0 Å². The zero-order valence-electron chi connectivity index (χ0n) is 16.4. The Morgan fingerprint density at radius 3 is 2.32 bits per heavy atom. The average Bonchev–Trinajstić information content (AvgIpc) is 3.15. The summed E-state index contributed by atoms with van der Waals surface area (Å²) in [6, 6.07) is 13.8. The number of hydrogen-bond donors (Lipinski definition) is 0. The van der Waals surface area contributed by atoms with Crippen LogP contribution in [0.15, 0.2) is 59.2 Å². The highest BCUT2D eigenvalue weighted by Crippen LogP contribution is 2.24. The molecular weight excluding hydrogens is 357 g/mol. The maximum atomic E-state index is 13.2. The van der Waals surface area contributed by atoms with Gasteiger partial charge in [0.05, 0.1) is 12.8 Å². The molecule has 3 aromatic rings. The summed E-state index contributed by atoms with van der Waals surface area (Å²) in [5.41, 5.74) is 4.00. The number of hydrogen-bond acceptors (Lipinski definition) is 3. The van der Waals surface area contributed by atoms with Gasteiger partial charge < -0.3 is 14.1 Å². The topological polar surface area (TPSA) is 42.7 Å². The molecule has 0 radical (unpaired) electrons. The Morgan fingerprint density at radius 1 is 1.04 bits per heavy atom. The lowest BCUT2D eigenvalue weighted by Gasteiger charge is -2.23. The third-order valence-corrected chi connectivity index (χ3v) is 4.51. The van der Waals surface area contributed by atoms with Crippen molar-refractivity contribution in [3.05, 3.63) is 88.6 Å². The molecule has 0 N–H and O–H groups in total. The molecule has 1 aromatic heterocycles. The summed E-state index contributed by atoms with van der Waals surface area (Å²) >= 11 is 0. The van der Waals surface area contributed by atoms with Crippen LogP contribution in [0.4, 0.5) is 4.39 Å². The van der Waals surface area contributed by atoms with Crippen molar-refractivity contribution in [3.63, 3.8) is 0 Å². The Hall–Kier alpha value is -3.08. The molecule has 3 rings (SSSR count). The lowest BCUT2D eigenvalue weighted by Crippen LogP contribution is -2.34. The number of halogens is 1. The van der Waals surface area contributed by atoms with E-state index in [2.05, 4.69) is 0 Å². The van der Waals surface area contributed by atoms with Gasteiger partial charge in [-0.1, -0.05) is 29.8 Å². The van der Waals surface area contributed by atoms with Crippen molar-refractivity contribution in [1.82, 2.24) is 4.90 Å². The van der Waals surface area contributed by atoms with Gasteiger partial charge in [-0.15, -0.1) is 0 Å². The van der Waals surface area contributed by atoms with Gasteiger partial charge in [-0.05, 0) is 61.7 Å². The molecule has 2 aromatic carbocycles. The molecule has 0 saturated carbocycles. The molecule has 0 fully saturated rings. The lowest BCUT2D eigenvalue weighted by molar-refractivity contribution is -0.134. The molecule has 28 heavy (non-hydrogen) atoms. The van der Waals surface area contributed by atoms with E-state index in [0.717, 1.165) is 28.0 Å². The molecule has 0 bridgehead atoms. The first kappa shape index (κ1) is 19.7. The minimum atomic E-state index is -0.304.